The molecule has 1 aromatic carbocycles. The molecule has 0 spiro atoms. The Morgan fingerprint density at radius 3 is 2.89 bits per heavy atom. The molecule has 0 radical (unpaired) electrons. The van der Waals surface area contributed by atoms with E-state index in [1.165, 1.54) is 18.2 Å². The van der Waals surface area contributed by atoms with Crippen molar-refractivity contribution in [2.75, 3.05) is 6.54 Å². The van der Waals surface area contributed by atoms with E-state index >= 15 is 0 Å². The van der Waals surface area contributed by atoms with Gasteiger partial charge < -0.3 is 10.4 Å². The fraction of sp³-hybridized carbons (Fsp3) is 0.500. The summed E-state index contributed by atoms with van der Waals surface area (Å²) < 4.78 is 13.7. The summed E-state index contributed by atoms with van der Waals surface area (Å²) in [6, 6.07) is 4.34. The number of hydrogen-bond acceptors (Lipinski definition) is 2. The Morgan fingerprint density at radius 2 is 2.16 bits per heavy atom. The molecule has 0 aromatic heterocycles. The van der Waals surface area contributed by atoms with Gasteiger partial charge in [0.05, 0.1) is 16.7 Å². The average Bonchev–Trinajstić information content (AvgIpc) is 2.40. The number of aliphatic hydroxyl groups excluding tert-OH is 1. The van der Waals surface area contributed by atoms with E-state index < -0.39 is 11.7 Å². The van der Waals surface area contributed by atoms with Crippen LogP contribution in [0.3, 0.4) is 0 Å². The molecule has 1 fully saturated rings. The number of aliphatic hydroxyl groups is 1. The first-order chi connectivity index (χ1) is 9.09. The first kappa shape index (κ1) is 14.3. The van der Waals surface area contributed by atoms with E-state index in [0.717, 1.165) is 25.7 Å². The molecule has 0 heterocycles. The van der Waals surface area contributed by atoms with Crippen LogP contribution in [-0.4, -0.2) is 23.7 Å². The van der Waals surface area contributed by atoms with Gasteiger partial charge in [0.25, 0.3) is 5.91 Å². The minimum absolute atomic E-state index is 0.0555. The van der Waals surface area contributed by atoms with Gasteiger partial charge in [-0.2, -0.15) is 0 Å². The van der Waals surface area contributed by atoms with Crippen LogP contribution in [-0.2, 0) is 0 Å². The fourth-order valence-electron chi connectivity index (χ4n) is 2.42. The van der Waals surface area contributed by atoms with E-state index in [2.05, 4.69) is 5.32 Å². The third kappa shape index (κ3) is 3.45. The van der Waals surface area contributed by atoms with Crippen molar-refractivity contribution in [3.05, 3.63) is 34.6 Å². The van der Waals surface area contributed by atoms with E-state index in [4.69, 9.17) is 11.6 Å². The van der Waals surface area contributed by atoms with Crippen LogP contribution < -0.4 is 5.32 Å². The molecule has 1 saturated carbocycles. The molecular weight excluding hydrogens is 269 g/mol. The number of nitrogens with one attached hydrogen (secondary N) is 1. The van der Waals surface area contributed by atoms with Crippen molar-refractivity contribution >= 4 is 17.5 Å². The van der Waals surface area contributed by atoms with E-state index in [1.54, 1.807) is 0 Å². The van der Waals surface area contributed by atoms with Crippen LogP contribution in [0.2, 0.25) is 5.02 Å². The highest BCUT2D eigenvalue weighted by Crippen LogP contribution is 2.24. The molecule has 104 valence electrons. The van der Waals surface area contributed by atoms with E-state index in [9.17, 15) is 14.3 Å². The van der Waals surface area contributed by atoms with Crippen LogP contribution in [0, 0.1) is 11.7 Å². The van der Waals surface area contributed by atoms with Crippen LogP contribution in [0.15, 0.2) is 18.2 Å². The maximum atomic E-state index is 13.7. The van der Waals surface area contributed by atoms with Crippen molar-refractivity contribution in [2.24, 2.45) is 5.92 Å². The Balaban J connectivity index is 1.95. The monoisotopic (exact) mass is 285 g/mol. The largest absolute Gasteiger partial charge is 0.393 e. The SMILES string of the molecule is O=C(NCC1CCCCC1O)c1cccc(Cl)c1F. The van der Waals surface area contributed by atoms with E-state index in [1.807, 2.05) is 0 Å². The second-order valence-corrected chi connectivity index (χ2v) is 5.33. The molecule has 19 heavy (non-hydrogen) atoms. The van der Waals surface area contributed by atoms with E-state index in [-0.39, 0.29) is 22.6 Å². The minimum Gasteiger partial charge on any atom is -0.393 e. The molecule has 3 nitrogen and oxygen atoms in total. The normalized spacial score (nSPS) is 23.1. The molecule has 1 aliphatic rings. The number of rotatable bonds is 3. The van der Waals surface area contributed by atoms with Gasteiger partial charge in [0.15, 0.2) is 5.82 Å². The van der Waals surface area contributed by atoms with Crippen molar-refractivity contribution in [3.63, 3.8) is 0 Å². The zero-order chi connectivity index (χ0) is 13.8. The first-order valence-electron chi connectivity index (χ1n) is 6.50. The first-order valence-corrected chi connectivity index (χ1v) is 6.87. The number of amides is 1. The lowest BCUT2D eigenvalue weighted by Crippen LogP contribution is -2.36. The molecular formula is C14H17ClFNO2. The van der Waals surface area contributed by atoms with Gasteiger partial charge in [-0.1, -0.05) is 30.5 Å². The Kier molecular flexibility index (Phi) is 4.77. The maximum absolute atomic E-state index is 13.7. The van der Waals surface area contributed by atoms with Crippen LogP contribution in [0.25, 0.3) is 0 Å². The highest BCUT2D eigenvalue weighted by atomic mass is 35.5. The van der Waals surface area contributed by atoms with Crippen LogP contribution in [0.5, 0.6) is 0 Å². The molecule has 2 atom stereocenters. The molecule has 1 amide bonds. The van der Waals surface area contributed by atoms with Crippen molar-refractivity contribution in [3.8, 4) is 0 Å². The molecule has 0 bridgehead atoms. The van der Waals surface area contributed by atoms with Gasteiger partial charge in [-0.25, -0.2) is 4.39 Å². The Bertz CT molecular complexity index is 467. The van der Waals surface area contributed by atoms with Gasteiger partial charge >= 0.3 is 0 Å². The van der Waals surface area contributed by atoms with Gasteiger partial charge in [0.1, 0.15) is 0 Å². The second kappa shape index (κ2) is 6.35. The summed E-state index contributed by atoms with van der Waals surface area (Å²) in [5.74, 6) is -1.14. The van der Waals surface area contributed by atoms with Crippen molar-refractivity contribution in [1.29, 1.82) is 0 Å². The minimum atomic E-state index is -0.703. The lowest BCUT2D eigenvalue weighted by Gasteiger charge is -2.27. The Labute approximate surface area is 116 Å². The molecule has 2 rings (SSSR count). The third-order valence-corrected chi connectivity index (χ3v) is 3.88. The van der Waals surface area contributed by atoms with Gasteiger partial charge in [0, 0.05) is 12.5 Å². The summed E-state index contributed by atoms with van der Waals surface area (Å²) >= 11 is 5.63. The fourth-order valence-corrected chi connectivity index (χ4v) is 2.60. The Hall–Kier alpha value is -1.13. The van der Waals surface area contributed by atoms with Gasteiger partial charge in [-0.05, 0) is 25.0 Å². The van der Waals surface area contributed by atoms with Crippen molar-refractivity contribution in [1.82, 2.24) is 5.32 Å². The standard InChI is InChI=1S/C14H17ClFNO2/c15-11-6-3-5-10(13(11)16)14(19)17-8-9-4-1-2-7-12(9)18/h3,5-6,9,12,18H,1-2,4,7-8H2,(H,17,19). The maximum Gasteiger partial charge on any atom is 0.254 e. The summed E-state index contributed by atoms with van der Waals surface area (Å²) in [6.45, 7) is 0.367. The number of carbonyl (C=O) groups is 1. The summed E-state index contributed by atoms with van der Waals surface area (Å²) in [5.41, 5.74) is -0.0576. The topological polar surface area (TPSA) is 49.3 Å². The molecule has 2 unspecified atom stereocenters. The molecule has 0 saturated heterocycles. The summed E-state index contributed by atoms with van der Waals surface area (Å²) in [6.07, 6.45) is 3.36. The number of carbonyl (C=O) groups excluding carboxylic acids is 1. The number of halogens is 2. The molecule has 1 aliphatic carbocycles. The lowest BCUT2D eigenvalue weighted by atomic mass is 9.86. The van der Waals surface area contributed by atoms with Crippen molar-refractivity contribution in [2.45, 2.75) is 31.8 Å². The molecule has 2 N–H and O–H groups in total. The zero-order valence-electron chi connectivity index (χ0n) is 10.5. The highest BCUT2D eigenvalue weighted by molar-refractivity contribution is 6.31. The predicted molar refractivity (Wildman–Crippen MR) is 71.7 cm³/mol. The van der Waals surface area contributed by atoms with Gasteiger partial charge in [0.2, 0.25) is 0 Å². The molecule has 1 aromatic rings. The smallest absolute Gasteiger partial charge is 0.254 e. The van der Waals surface area contributed by atoms with E-state index in [0.29, 0.717) is 6.54 Å². The van der Waals surface area contributed by atoms with Crippen molar-refractivity contribution < 1.29 is 14.3 Å². The van der Waals surface area contributed by atoms with Gasteiger partial charge in [-0.15, -0.1) is 0 Å². The van der Waals surface area contributed by atoms with Crippen LogP contribution >= 0.6 is 11.6 Å². The lowest BCUT2D eigenvalue weighted by molar-refractivity contribution is 0.0662. The molecule has 0 aliphatic heterocycles. The van der Waals surface area contributed by atoms with Crippen LogP contribution in [0.1, 0.15) is 36.0 Å². The molecule has 5 heteroatoms. The van der Waals surface area contributed by atoms with Crippen LogP contribution in [0.4, 0.5) is 4.39 Å². The quantitative estimate of drug-likeness (QED) is 0.897. The van der Waals surface area contributed by atoms with Gasteiger partial charge in [-0.3, -0.25) is 4.79 Å². The third-order valence-electron chi connectivity index (χ3n) is 3.59. The average molecular weight is 286 g/mol. The zero-order valence-corrected chi connectivity index (χ0v) is 11.3. The summed E-state index contributed by atoms with van der Waals surface area (Å²) in [7, 11) is 0. The number of benzene rings is 1. The predicted octanol–water partition coefficient (Wildman–Crippen LogP) is 2.76. The summed E-state index contributed by atoms with van der Waals surface area (Å²) in [5, 5.41) is 12.4. The Morgan fingerprint density at radius 1 is 1.42 bits per heavy atom. The summed E-state index contributed by atoms with van der Waals surface area (Å²) in [4.78, 5) is 11.9. The second-order valence-electron chi connectivity index (χ2n) is 4.92. The number of hydrogen-bond donors (Lipinski definition) is 2. The highest BCUT2D eigenvalue weighted by Gasteiger charge is 2.24.